The fourth-order valence-corrected chi connectivity index (χ4v) is 3.59. The molecule has 0 amide bonds. The molecule has 0 saturated heterocycles. The van der Waals surface area contributed by atoms with Crippen molar-refractivity contribution in [1.82, 2.24) is 0 Å². The van der Waals surface area contributed by atoms with Crippen LogP contribution in [0.25, 0.3) is 0 Å². The summed E-state index contributed by atoms with van der Waals surface area (Å²) in [6.07, 6.45) is 0. The van der Waals surface area contributed by atoms with Crippen LogP contribution in [0, 0.1) is 0 Å². The first kappa shape index (κ1) is 24.5. The third-order valence-corrected chi connectivity index (χ3v) is 5.65. The van der Waals surface area contributed by atoms with Crippen molar-refractivity contribution in [3.05, 3.63) is 144 Å². The predicted molar refractivity (Wildman–Crippen MR) is 136 cm³/mol. The second kappa shape index (κ2) is 10.8. The molecule has 0 heterocycles. The largest absolute Gasteiger partial charge is 0.428 e. The van der Waals surface area contributed by atoms with Crippen LogP contribution in [-0.4, -0.2) is 11.9 Å². The minimum absolute atomic E-state index is 0.385. The maximum Gasteiger partial charge on any atom is 0.340 e. The number of nitrogens with zero attached hydrogens (tertiary/aromatic N) is 2. The molecule has 0 aliphatic carbocycles. The normalized spacial score (nSPS) is 14.4. The number of rotatable bonds is 8. The van der Waals surface area contributed by atoms with Gasteiger partial charge in [-0.1, -0.05) is 97.1 Å². The molecular weight excluding hydrogens is 452 g/mol. The summed E-state index contributed by atoms with van der Waals surface area (Å²) in [4.78, 5) is 26.0. The van der Waals surface area contributed by atoms with E-state index < -0.39 is 23.4 Å². The van der Waals surface area contributed by atoms with Gasteiger partial charge in [0, 0.05) is 25.0 Å². The Morgan fingerprint density at radius 1 is 0.500 bits per heavy atom. The lowest BCUT2D eigenvalue weighted by Crippen LogP contribution is -2.31. The maximum atomic E-state index is 13.0. The zero-order chi connectivity index (χ0) is 25.4. The van der Waals surface area contributed by atoms with Crippen LogP contribution in [0.2, 0.25) is 0 Å². The molecule has 0 radical (unpaired) electrons. The Balaban J connectivity index is 1.72. The number of hydrogen-bond donors (Lipinski definition) is 0. The smallest absolute Gasteiger partial charge is 0.340 e. The molecule has 0 fully saturated rings. The zero-order valence-electron chi connectivity index (χ0n) is 20.1. The Bertz CT molecular complexity index is 1220. The van der Waals surface area contributed by atoms with Gasteiger partial charge in [0.1, 0.15) is 0 Å². The summed E-state index contributed by atoms with van der Waals surface area (Å²) in [5.74, 6) is -1.10. The lowest BCUT2D eigenvalue weighted by molar-refractivity contribution is -0.0325. The Morgan fingerprint density at radius 2 is 0.778 bits per heavy atom. The molecule has 4 aromatic carbocycles. The van der Waals surface area contributed by atoms with Crippen LogP contribution in [0.1, 0.15) is 45.7 Å². The van der Waals surface area contributed by atoms with Gasteiger partial charge in [-0.3, -0.25) is 0 Å². The molecule has 0 aliphatic rings. The second-order valence-electron chi connectivity index (χ2n) is 8.41. The molecule has 6 nitrogen and oxygen atoms in total. The van der Waals surface area contributed by atoms with Gasteiger partial charge in [-0.15, -0.1) is 10.2 Å². The maximum absolute atomic E-state index is 13.0. The van der Waals surface area contributed by atoms with Crippen LogP contribution >= 0.6 is 0 Å². The molecule has 0 aliphatic heterocycles. The van der Waals surface area contributed by atoms with Crippen LogP contribution in [0.15, 0.2) is 132 Å². The first-order chi connectivity index (χ1) is 17.4. The van der Waals surface area contributed by atoms with Gasteiger partial charge in [0.25, 0.3) is 0 Å². The fraction of sp³-hybridized carbons (Fsp3) is 0.133. The summed E-state index contributed by atoms with van der Waals surface area (Å²) in [6.45, 7) is 3.30. The number of carbonyl (C=O) groups is 2. The van der Waals surface area contributed by atoms with Crippen molar-refractivity contribution in [1.29, 1.82) is 0 Å². The lowest BCUT2D eigenvalue weighted by atomic mass is 10.0. The van der Waals surface area contributed by atoms with E-state index in [1.165, 1.54) is 0 Å². The highest BCUT2D eigenvalue weighted by Gasteiger charge is 2.36. The first-order valence-electron chi connectivity index (χ1n) is 11.5. The van der Waals surface area contributed by atoms with Gasteiger partial charge in [0.2, 0.25) is 11.4 Å². The molecule has 0 aromatic heterocycles. The van der Waals surface area contributed by atoms with Crippen LogP contribution in [-0.2, 0) is 20.9 Å². The average molecular weight is 479 g/mol. The van der Waals surface area contributed by atoms with Crippen molar-refractivity contribution in [2.45, 2.75) is 25.3 Å². The third kappa shape index (κ3) is 5.73. The zero-order valence-corrected chi connectivity index (χ0v) is 20.1. The van der Waals surface area contributed by atoms with Gasteiger partial charge in [-0.25, -0.2) is 9.59 Å². The van der Waals surface area contributed by atoms with E-state index in [1.807, 2.05) is 48.5 Å². The highest BCUT2D eigenvalue weighted by Crippen LogP contribution is 2.34. The van der Waals surface area contributed by atoms with E-state index in [0.29, 0.717) is 22.3 Å². The topological polar surface area (TPSA) is 77.3 Å². The van der Waals surface area contributed by atoms with Gasteiger partial charge in [0.05, 0.1) is 11.1 Å². The molecule has 0 saturated carbocycles. The minimum Gasteiger partial charge on any atom is -0.428 e. The van der Waals surface area contributed by atoms with Gasteiger partial charge in [0.15, 0.2) is 0 Å². The van der Waals surface area contributed by atoms with Crippen molar-refractivity contribution in [2.75, 3.05) is 0 Å². The number of azo groups is 1. The van der Waals surface area contributed by atoms with Gasteiger partial charge < -0.3 is 9.47 Å². The molecule has 36 heavy (non-hydrogen) atoms. The van der Waals surface area contributed by atoms with Gasteiger partial charge >= 0.3 is 11.9 Å². The molecule has 2 unspecified atom stereocenters. The highest BCUT2D eigenvalue weighted by atomic mass is 16.6. The first-order valence-corrected chi connectivity index (χ1v) is 11.5. The summed E-state index contributed by atoms with van der Waals surface area (Å²) in [6, 6.07) is 35.5. The van der Waals surface area contributed by atoms with E-state index >= 15 is 0 Å². The summed E-state index contributed by atoms with van der Waals surface area (Å²) < 4.78 is 11.8. The summed E-state index contributed by atoms with van der Waals surface area (Å²) in [5.41, 5.74) is -0.967. The van der Waals surface area contributed by atoms with E-state index in [4.69, 9.17) is 9.47 Å². The second-order valence-corrected chi connectivity index (χ2v) is 8.41. The van der Waals surface area contributed by atoms with E-state index in [9.17, 15) is 9.59 Å². The monoisotopic (exact) mass is 478 g/mol. The molecule has 6 heteroatoms. The molecule has 0 N–H and O–H groups in total. The number of benzene rings is 4. The molecule has 0 spiro atoms. The van der Waals surface area contributed by atoms with Gasteiger partial charge in [-0.2, -0.15) is 0 Å². The number of esters is 2. The minimum atomic E-state index is -1.48. The molecule has 2 atom stereocenters. The molecule has 0 bridgehead atoms. The molecule has 4 rings (SSSR count). The molecule has 4 aromatic rings. The number of hydrogen-bond acceptors (Lipinski definition) is 6. The molecule has 180 valence electrons. The number of carbonyl (C=O) groups excluding carboxylic acids is 2. The van der Waals surface area contributed by atoms with Crippen molar-refractivity contribution in [3.8, 4) is 0 Å². The van der Waals surface area contributed by atoms with Crippen molar-refractivity contribution >= 4 is 11.9 Å². The van der Waals surface area contributed by atoms with Crippen molar-refractivity contribution in [2.24, 2.45) is 10.2 Å². The van der Waals surface area contributed by atoms with E-state index in [1.54, 1.807) is 86.6 Å². The Labute approximate surface area is 210 Å². The standard InChI is InChI=1S/C30H26N2O4/c1-29(25-19-11-5-12-20-25,35-27(33)23-15-7-3-8-16-23)31-32-30(2,26-21-13-6-14-22-26)36-28(34)24-17-9-4-10-18-24/h3-22H,1-2H3. The lowest BCUT2D eigenvalue weighted by Gasteiger charge is -2.29. The van der Waals surface area contributed by atoms with Crippen LogP contribution in [0.4, 0.5) is 0 Å². The summed E-state index contributed by atoms with van der Waals surface area (Å²) in [5, 5.41) is 8.98. The van der Waals surface area contributed by atoms with Gasteiger partial charge in [-0.05, 0) is 24.3 Å². The highest BCUT2D eigenvalue weighted by molar-refractivity contribution is 5.90. The Kier molecular flexibility index (Phi) is 7.35. The fourth-order valence-electron chi connectivity index (χ4n) is 3.59. The summed E-state index contributed by atoms with van der Waals surface area (Å²) in [7, 11) is 0. The van der Waals surface area contributed by atoms with E-state index in [2.05, 4.69) is 10.2 Å². The predicted octanol–water partition coefficient (Wildman–Crippen LogP) is 6.90. The summed E-state index contributed by atoms with van der Waals surface area (Å²) >= 11 is 0. The Hall–Kier alpha value is -4.58. The van der Waals surface area contributed by atoms with Crippen LogP contribution in [0.5, 0.6) is 0 Å². The van der Waals surface area contributed by atoms with E-state index in [0.717, 1.165) is 0 Å². The average Bonchev–Trinajstić information content (AvgIpc) is 2.94. The third-order valence-electron chi connectivity index (χ3n) is 5.65. The van der Waals surface area contributed by atoms with Crippen molar-refractivity contribution in [3.63, 3.8) is 0 Å². The van der Waals surface area contributed by atoms with Crippen LogP contribution in [0.3, 0.4) is 0 Å². The SMILES string of the molecule is CC(N=NC(C)(OC(=O)c1ccccc1)c1ccccc1)(OC(=O)c1ccccc1)c1ccccc1. The van der Waals surface area contributed by atoms with Crippen molar-refractivity contribution < 1.29 is 19.1 Å². The molecular formula is C30H26N2O4. The van der Waals surface area contributed by atoms with E-state index in [-0.39, 0.29) is 0 Å². The Morgan fingerprint density at radius 3 is 1.08 bits per heavy atom. The van der Waals surface area contributed by atoms with Crippen LogP contribution < -0.4 is 0 Å². The number of ether oxygens (including phenoxy) is 2. The quantitative estimate of drug-likeness (QED) is 0.204.